The molecule has 1 fully saturated rings. The van der Waals surface area contributed by atoms with Gasteiger partial charge in [0.1, 0.15) is 5.82 Å². The van der Waals surface area contributed by atoms with Gasteiger partial charge in [0.25, 0.3) is 0 Å². The summed E-state index contributed by atoms with van der Waals surface area (Å²) >= 11 is 0. The minimum absolute atomic E-state index is 0.366. The van der Waals surface area contributed by atoms with Gasteiger partial charge in [-0.25, -0.2) is 4.98 Å². The van der Waals surface area contributed by atoms with Gasteiger partial charge in [0.05, 0.1) is 6.10 Å². The lowest BCUT2D eigenvalue weighted by Crippen LogP contribution is -2.39. The molecule has 3 nitrogen and oxygen atoms in total. The van der Waals surface area contributed by atoms with Gasteiger partial charge in [-0.3, -0.25) is 0 Å². The lowest BCUT2D eigenvalue weighted by atomic mass is 10.1. The predicted octanol–water partition coefficient (Wildman–Crippen LogP) is 1.70. The van der Waals surface area contributed by atoms with E-state index in [9.17, 15) is 0 Å². The van der Waals surface area contributed by atoms with Gasteiger partial charge in [-0.05, 0) is 25.0 Å². The second kappa shape index (κ2) is 4.42. The van der Waals surface area contributed by atoms with Crippen molar-refractivity contribution in [3.8, 4) is 0 Å². The largest absolute Gasteiger partial charge is 0.380 e. The van der Waals surface area contributed by atoms with Crippen molar-refractivity contribution in [2.24, 2.45) is 0 Å². The number of hydrogen-bond acceptors (Lipinski definition) is 3. The molecule has 1 aromatic heterocycles. The van der Waals surface area contributed by atoms with E-state index in [0.717, 1.165) is 18.9 Å². The fraction of sp³-hybridized carbons (Fsp3) is 0.545. The van der Waals surface area contributed by atoms with E-state index < -0.39 is 0 Å². The summed E-state index contributed by atoms with van der Waals surface area (Å²) in [5, 5.41) is 0. The van der Waals surface area contributed by atoms with Crippen LogP contribution in [0.2, 0.25) is 0 Å². The monoisotopic (exact) mass is 192 g/mol. The summed E-state index contributed by atoms with van der Waals surface area (Å²) in [6.07, 6.45) is 4.56. The van der Waals surface area contributed by atoms with E-state index in [4.69, 9.17) is 4.74 Å². The van der Waals surface area contributed by atoms with Gasteiger partial charge < -0.3 is 9.64 Å². The summed E-state index contributed by atoms with van der Waals surface area (Å²) in [6.45, 7) is 2.06. The molecule has 14 heavy (non-hydrogen) atoms. The fourth-order valence-corrected chi connectivity index (χ4v) is 1.88. The van der Waals surface area contributed by atoms with Crippen LogP contribution in [-0.4, -0.2) is 31.3 Å². The third-order valence-electron chi connectivity index (χ3n) is 2.68. The molecule has 2 heterocycles. The molecule has 1 aliphatic heterocycles. The number of methoxy groups -OCH3 is 1. The highest BCUT2D eigenvalue weighted by molar-refractivity contribution is 5.38. The molecular weight excluding hydrogens is 176 g/mol. The minimum atomic E-state index is 0.366. The van der Waals surface area contributed by atoms with Crippen LogP contribution in [0.15, 0.2) is 24.4 Å². The van der Waals surface area contributed by atoms with Gasteiger partial charge >= 0.3 is 0 Å². The quantitative estimate of drug-likeness (QED) is 0.713. The Morgan fingerprint density at radius 3 is 3.14 bits per heavy atom. The lowest BCUT2D eigenvalue weighted by molar-refractivity contribution is 0.0891. The molecule has 0 unspecified atom stereocenters. The van der Waals surface area contributed by atoms with Crippen LogP contribution < -0.4 is 4.90 Å². The molecule has 0 spiro atoms. The molecule has 1 aromatic rings. The van der Waals surface area contributed by atoms with E-state index in [-0.39, 0.29) is 0 Å². The smallest absolute Gasteiger partial charge is 0.128 e. The Bertz CT molecular complexity index is 276. The van der Waals surface area contributed by atoms with Crippen LogP contribution in [0.4, 0.5) is 5.82 Å². The summed E-state index contributed by atoms with van der Waals surface area (Å²) in [5.74, 6) is 1.06. The van der Waals surface area contributed by atoms with Crippen molar-refractivity contribution in [3.63, 3.8) is 0 Å². The van der Waals surface area contributed by atoms with Gasteiger partial charge in [0.15, 0.2) is 0 Å². The predicted molar refractivity (Wildman–Crippen MR) is 56.5 cm³/mol. The van der Waals surface area contributed by atoms with Gasteiger partial charge in [-0.1, -0.05) is 6.07 Å². The number of nitrogens with zero attached hydrogens (tertiary/aromatic N) is 2. The number of aromatic nitrogens is 1. The maximum absolute atomic E-state index is 5.37. The van der Waals surface area contributed by atoms with Crippen molar-refractivity contribution in [2.75, 3.05) is 25.1 Å². The Labute approximate surface area is 84.7 Å². The van der Waals surface area contributed by atoms with Crippen LogP contribution in [-0.2, 0) is 4.74 Å². The molecule has 0 aromatic carbocycles. The Morgan fingerprint density at radius 1 is 1.50 bits per heavy atom. The third kappa shape index (κ3) is 2.04. The van der Waals surface area contributed by atoms with Crippen LogP contribution in [0.3, 0.4) is 0 Å². The van der Waals surface area contributed by atoms with Crippen molar-refractivity contribution in [1.82, 2.24) is 4.98 Å². The van der Waals surface area contributed by atoms with Crippen LogP contribution in [0.25, 0.3) is 0 Å². The molecule has 0 radical (unpaired) electrons. The van der Waals surface area contributed by atoms with Gasteiger partial charge in [0, 0.05) is 26.4 Å². The molecule has 0 N–H and O–H groups in total. The molecule has 0 saturated carbocycles. The summed E-state index contributed by atoms with van der Waals surface area (Å²) in [4.78, 5) is 6.63. The van der Waals surface area contributed by atoms with E-state index >= 15 is 0 Å². The van der Waals surface area contributed by atoms with E-state index in [1.807, 2.05) is 18.3 Å². The van der Waals surface area contributed by atoms with Gasteiger partial charge in [-0.2, -0.15) is 0 Å². The SMILES string of the molecule is CO[C@H]1CCCN(c2ccccn2)C1. The zero-order valence-electron chi connectivity index (χ0n) is 8.52. The number of pyridine rings is 1. The molecule has 1 aliphatic rings. The molecule has 2 rings (SSSR count). The Balaban J connectivity index is 2.04. The molecule has 3 heteroatoms. The van der Waals surface area contributed by atoms with Gasteiger partial charge in [0.2, 0.25) is 0 Å². The first kappa shape index (κ1) is 9.46. The number of hydrogen-bond donors (Lipinski definition) is 0. The number of rotatable bonds is 2. The zero-order chi connectivity index (χ0) is 9.80. The van der Waals surface area contributed by atoms with Crippen LogP contribution in [0.1, 0.15) is 12.8 Å². The normalized spacial score (nSPS) is 22.4. The van der Waals surface area contributed by atoms with E-state index in [2.05, 4.69) is 16.0 Å². The topological polar surface area (TPSA) is 25.4 Å². The molecular formula is C11H16N2O. The highest BCUT2D eigenvalue weighted by Crippen LogP contribution is 2.18. The minimum Gasteiger partial charge on any atom is -0.380 e. The second-order valence-corrected chi connectivity index (χ2v) is 3.63. The van der Waals surface area contributed by atoms with E-state index in [1.165, 1.54) is 12.8 Å². The van der Waals surface area contributed by atoms with Crippen molar-refractivity contribution in [2.45, 2.75) is 18.9 Å². The molecule has 1 atom stereocenters. The second-order valence-electron chi connectivity index (χ2n) is 3.63. The van der Waals surface area contributed by atoms with E-state index in [1.54, 1.807) is 7.11 Å². The van der Waals surface area contributed by atoms with Crippen molar-refractivity contribution in [1.29, 1.82) is 0 Å². The highest BCUT2D eigenvalue weighted by atomic mass is 16.5. The Kier molecular flexibility index (Phi) is 2.99. The van der Waals surface area contributed by atoms with Crippen molar-refractivity contribution in [3.05, 3.63) is 24.4 Å². The molecule has 1 saturated heterocycles. The molecule has 0 amide bonds. The maximum atomic E-state index is 5.37. The fourth-order valence-electron chi connectivity index (χ4n) is 1.88. The summed E-state index contributed by atoms with van der Waals surface area (Å²) in [7, 11) is 1.78. The summed E-state index contributed by atoms with van der Waals surface area (Å²) in [5.41, 5.74) is 0. The highest BCUT2D eigenvalue weighted by Gasteiger charge is 2.19. The first-order valence-electron chi connectivity index (χ1n) is 5.09. The lowest BCUT2D eigenvalue weighted by Gasteiger charge is -2.32. The average Bonchev–Trinajstić information content (AvgIpc) is 2.30. The van der Waals surface area contributed by atoms with Crippen molar-refractivity contribution >= 4 is 5.82 Å². The van der Waals surface area contributed by atoms with E-state index in [0.29, 0.717) is 6.10 Å². The van der Waals surface area contributed by atoms with Crippen LogP contribution in [0.5, 0.6) is 0 Å². The third-order valence-corrected chi connectivity index (χ3v) is 2.68. The van der Waals surface area contributed by atoms with Crippen LogP contribution >= 0.6 is 0 Å². The summed E-state index contributed by atoms with van der Waals surface area (Å²) in [6, 6.07) is 6.03. The first-order chi connectivity index (χ1) is 6.90. The molecule has 0 aliphatic carbocycles. The molecule has 76 valence electrons. The average molecular weight is 192 g/mol. The Hall–Kier alpha value is -1.09. The Morgan fingerprint density at radius 2 is 2.43 bits per heavy atom. The zero-order valence-corrected chi connectivity index (χ0v) is 8.52. The number of anilines is 1. The van der Waals surface area contributed by atoms with Crippen molar-refractivity contribution < 1.29 is 4.74 Å². The number of piperidine rings is 1. The summed E-state index contributed by atoms with van der Waals surface area (Å²) < 4.78 is 5.37. The number of ether oxygens (including phenoxy) is 1. The first-order valence-corrected chi connectivity index (χ1v) is 5.09. The van der Waals surface area contributed by atoms with Gasteiger partial charge in [-0.15, -0.1) is 0 Å². The standard InChI is InChI=1S/C11H16N2O/c1-14-10-5-4-8-13(9-10)11-6-2-3-7-12-11/h2-3,6-7,10H,4-5,8-9H2,1H3/t10-/m0/s1. The molecule has 0 bridgehead atoms. The van der Waals surface area contributed by atoms with Crippen LogP contribution in [0, 0.1) is 0 Å². The maximum Gasteiger partial charge on any atom is 0.128 e.